The molecular weight excluding hydrogens is 262 g/mol. The standard InChI is InChI=1S/C17H27N3O/c1-19-11-4-3-5-16(19)10-12-20(2)17(21)15-8-6-14(13-18)7-9-15/h6-9,16H,3-5,10-13,18H2,1-2H3. The number of hydrogen-bond acceptors (Lipinski definition) is 3. The number of nitrogens with zero attached hydrogens (tertiary/aromatic N) is 2. The van der Waals surface area contributed by atoms with Crippen LogP contribution in [0.25, 0.3) is 0 Å². The first-order valence-electron chi connectivity index (χ1n) is 7.86. The summed E-state index contributed by atoms with van der Waals surface area (Å²) in [5.74, 6) is 0.0945. The van der Waals surface area contributed by atoms with Gasteiger partial charge in [0.2, 0.25) is 0 Å². The van der Waals surface area contributed by atoms with E-state index in [1.807, 2.05) is 36.2 Å². The van der Waals surface area contributed by atoms with E-state index < -0.39 is 0 Å². The molecule has 0 bridgehead atoms. The number of piperidine rings is 1. The Morgan fingerprint density at radius 1 is 1.33 bits per heavy atom. The predicted octanol–water partition coefficient (Wildman–Crippen LogP) is 2.09. The van der Waals surface area contributed by atoms with Crippen LogP contribution in [0.2, 0.25) is 0 Å². The second-order valence-corrected chi connectivity index (χ2v) is 6.05. The molecule has 1 aliphatic rings. The third-order valence-corrected chi connectivity index (χ3v) is 4.50. The van der Waals surface area contributed by atoms with Gasteiger partial charge in [-0.05, 0) is 50.6 Å². The lowest BCUT2D eigenvalue weighted by Gasteiger charge is -2.33. The molecule has 0 spiro atoms. The maximum absolute atomic E-state index is 12.4. The molecule has 1 unspecified atom stereocenters. The van der Waals surface area contributed by atoms with Gasteiger partial charge in [0.05, 0.1) is 0 Å². The molecule has 21 heavy (non-hydrogen) atoms. The Balaban J connectivity index is 1.86. The Morgan fingerprint density at radius 3 is 2.67 bits per heavy atom. The average molecular weight is 289 g/mol. The number of carbonyl (C=O) groups is 1. The van der Waals surface area contributed by atoms with Crippen molar-refractivity contribution in [1.82, 2.24) is 9.80 Å². The Labute approximate surface area is 127 Å². The summed E-state index contributed by atoms with van der Waals surface area (Å²) in [4.78, 5) is 16.6. The van der Waals surface area contributed by atoms with Gasteiger partial charge in [-0.25, -0.2) is 0 Å². The van der Waals surface area contributed by atoms with E-state index in [0.717, 1.165) is 24.1 Å². The van der Waals surface area contributed by atoms with Crippen LogP contribution in [0, 0.1) is 0 Å². The first-order valence-corrected chi connectivity index (χ1v) is 7.86. The lowest BCUT2D eigenvalue weighted by Crippen LogP contribution is -2.39. The number of likely N-dealkylation sites (tertiary alicyclic amines) is 1. The van der Waals surface area contributed by atoms with Crippen molar-refractivity contribution in [3.05, 3.63) is 35.4 Å². The highest BCUT2D eigenvalue weighted by molar-refractivity contribution is 5.94. The smallest absolute Gasteiger partial charge is 0.253 e. The van der Waals surface area contributed by atoms with E-state index in [9.17, 15) is 4.79 Å². The molecular formula is C17H27N3O. The van der Waals surface area contributed by atoms with Gasteiger partial charge in [0, 0.05) is 31.7 Å². The Hall–Kier alpha value is -1.39. The van der Waals surface area contributed by atoms with E-state index in [0.29, 0.717) is 12.6 Å². The van der Waals surface area contributed by atoms with Crippen molar-refractivity contribution in [2.75, 3.05) is 27.2 Å². The van der Waals surface area contributed by atoms with E-state index in [1.165, 1.54) is 25.8 Å². The molecule has 1 aliphatic heterocycles. The molecule has 0 aromatic heterocycles. The van der Waals surface area contributed by atoms with Crippen LogP contribution >= 0.6 is 0 Å². The van der Waals surface area contributed by atoms with Gasteiger partial charge < -0.3 is 15.5 Å². The highest BCUT2D eigenvalue weighted by Crippen LogP contribution is 2.18. The van der Waals surface area contributed by atoms with Crippen molar-refractivity contribution >= 4 is 5.91 Å². The zero-order valence-corrected chi connectivity index (χ0v) is 13.2. The molecule has 4 heteroatoms. The zero-order valence-electron chi connectivity index (χ0n) is 13.2. The lowest BCUT2D eigenvalue weighted by atomic mass is 10.00. The minimum absolute atomic E-state index is 0.0945. The summed E-state index contributed by atoms with van der Waals surface area (Å²) in [6, 6.07) is 8.21. The highest BCUT2D eigenvalue weighted by atomic mass is 16.2. The topological polar surface area (TPSA) is 49.6 Å². The average Bonchev–Trinajstić information content (AvgIpc) is 2.53. The van der Waals surface area contributed by atoms with Crippen molar-refractivity contribution in [2.45, 2.75) is 38.3 Å². The normalized spacial score (nSPS) is 19.5. The Bertz CT molecular complexity index is 458. The van der Waals surface area contributed by atoms with Crippen LogP contribution in [0.15, 0.2) is 24.3 Å². The van der Waals surface area contributed by atoms with E-state index in [-0.39, 0.29) is 5.91 Å². The molecule has 4 nitrogen and oxygen atoms in total. The first kappa shape index (κ1) is 16.0. The maximum atomic E-state index is 12.4. The molecule has 0 saturated carbocycles. The minimum Gasteiger partial charge on any atom is -0.342 e. The van der Waals surface area contributed by atoms with Crippen molar-refractivity contribution < 1.29 is 4.79 Å². The lowest BCUT2D eigenvalue weighted by molar-refractivity contribution is 0.0770. The van der Waals surface area contributed by atoms with Crippen LogP contribution in [-0.4, -0.2) is 48.9 Å². The second kappa shape index (κ2) is 7.57. The summed E-state index contributed by atoms with van der Waals surface area (Å²) in [5, 5.41) is 0. The first-order chi connectivity index (χ1) is 10.1. The second-order valence-electron chi connectivity index (χ2n) is 6.05. The number of carbonyl (C=O) groups excluding carboxylic acids is 1. The quantitative estimate of drug-likeness (QED) is 0.903. The van der Waals surface area contributed by atoms with Gasteiger partial charge in [0.15, 0.2) is 0 Å². The van der Waals surface area contributed by atoms with E-state index in [2.05, 4.69) is 11.9 Å². The number of rotatable bonds is 5. The summed E-state index contributed by atoms with van der Waals surface area (Å²) < 4.78 is 0. The monoisotopic (exact) mass is 289 g/mol. The summed E-state index contributed by atoms with van der Waals surface area (Å²) in [6.45, 7) is 2.51. The Kier molecular flexibility index (Phi) is 5.76. The molecule has 1 amide bonds. The molecule has 1 atom stereocenters. The molecule has 1 fully saturated rings. The fourth-order valence-electron chi connectivity index (χ4n) is 2.96. The highest BCUT2D eigenvalue weighted by Gasteiger charge is 2.20. The zero-order chi connectivity index (χ0) is 15.2. The van der Waals surface area contributed by atoms with Crippen molar-refractivity contribution in [1.29, 1.82) is 0 Å². The summed E-state index contributed by atoms with van der Waals surface area (Å²) >= 11 is 0. The molecule has 1 aromatic carbocycles. The van der Waals surface area contributed by atoms with Crippen LogP contribution in [-0.2, 0) is 6.54 Å². The van der Waals surface area contributed by atoms with Crippen LogP contribution in [0.4, 0.5) is 0 Å². The van der Waals surface area contributed by atoms with Crippen LogP contribution in [0.5, 0.6) is 0 Å². The molecule has 0 aliphatic carbocycles. The van der Waals surface area contributed by atoms with Crippen LogP contribution in [0.3, 0.4) is 0 Å². The van der Waals surface area contributed by atoms with Gasteiger partial charge in [0.25, 0.3) is 5.91 Å². The van der Waals surface area contributed by atoms with Crippen molar-refractivity contribution in [3.8, 4) is 0 Å². The molecule has 0 radical (unpaired) electrons. The molecule has 1 aromatic rings. The maximum Gasteiger partial charge on any atom is 0.253 e. The molecule has 2 N–H and O–H groups in total. The largest absolute Gasteiger partial charge is 0.342 e. The van der Waals surface area contributed by atoms with Gasteiger partial charge in [-0.15, -0.1) is 0 Å². The summed E-state index contributed by atoms with van der Waals surface area (Å²) in [5.41, 5.74) is 7.38. The summed E-state index contributed by atoms with van der Waals surface area (Å²) in [7, 11) is 4.08. The minimum atomic E-state index is 0.0945. The third kappa shape index (κ3) is 4.29. The number of nitrogens with two attached hydrogens (primary N) is 1. The van der Waals surface area contributed by atoms with Gasteiger partial charge >= 0.3 is 0 Å². The van der Waals surface area contributed by atoms with Crippen LogP contribution in [0.1, 0.15) is 41.6 Å². The molecule has 2 rings (SSSR count). The number of hydrogen-bond donors (Lipinski definition) is 1. The van der Waals surface area contributed by atoms with Crippen molar-refractivity contribution in [2.24, 2.45) is 5.73 Å². The van der Waals surface area contributed by atoms with E-state index in [1.54, 1.807) is 0 Å². The third-order valence-electron chi connectivity index (χ3n) is 4.50. The van der Waals surface area contributed by atoms with Crippen LogP contribution < -0.4 is 5.73 Å². The summed E-state index contributed by atoms with van der Waals surface area (Å²) in [6.07, 6.45) is 4.92. The molecule has 1 heterocycles. The molecule has 1 saturated heterocycles. The number of benzene rings is 1. The molecule has 116 valence electrons. The van der Waals surface area contributed by atoms with Gasteiger partial charge in [-0.1, -0.05) is 18.6 Å². The van der Waals surface area contributed by atoms with E-state index >= 15 is 0 Å². The van der Waals surface area contributed by atoms with Gasteiger partial charge in [-0.3, -0.25) is 4.79 Å². The number of amides is 1. The van der Waals surface area contributed by atoms with Gasteiger partial charge in [-0.2, -0.15) is 0 Å². The predicted molar refractivity (Wildman–Crippen MR) is 86.2 cm³/mol. The van der Waals surface area contributed by atoms with Crippen molar-refractivity contribution in [3.63, 3.8) is 0 Å². The Morgan fingerprint density at radius 2 is 2.05 bits per heavy atom. The SMILES string of the molecule is CN(CCC1CCCCN1C)C(=O)c1ccc(CN)cc1. The van der Waals surface area contributed by atoms with Gasteiger partial charge in [0.1, 0.15) is 0 Å². The fraction of sp³-hybridized carbons (Fsp3) is 0.588. The fourth-order valence-corrected chi connectivity index (χ4v) is 2.96. The van der Waals surface area contributed by atoms with E-state index in [4.69, 9.17) is 5.73 Å².